The highest BCUT2D eigenvalue weighted by atomic mass is 16.3. The molecule has 0 unspecified atom stereocenters. The fourth-order valence-electron chi connectivity index (χ4n) is 3.75. The second kappa shape index (κ2) is 7.75. The predicted molar refractivity (Wildman–Crippen MR) is 97.1 cm³/mol. The molecule has 1 aromatic carbocycles. The van der Waals surface area contributed by atoms with Crippen molar-refractivity contribution in [1.29, 1.82) is 0 Å². The van der Waals surface area contributed by atoms with Gasteiger partial charge in [-0.2, -0.15) is 0 Å². The molecule has 2 aromatic rings. The maximum Gasteiger partial charge on any atom is 0.132 e. The van der Waals surface area contributed by atoms with Crippen molar-refractivity contribution in [3.8, 4) is 0 Å². The molecule has 0 aliphatic carbocycles. The van der Waals surface area contributed by atoms with E-state index in [1.54, 1.807) is 0 Å². The van der Waals surface area contributed by atoms with Crippen LogP contribution in [-0.2, 0) is 6.42 Å². The molecule has 0 amide bonds. The Balaban J connectivity index is 1.63. The third kappa shape index (κ3) is 4.12. The summed E-state index contributed by atoms with van der Waals surface area (Å²) >= 11 is 0. The van der Waals surface area contributed by atoms with E-state index in [1.807, 2.05) is 19.2 Å². The third-order valence-electron chi connectivity index (χ3n) is 5.10. The fourth-order valence-corrected chi connectivity index (χ4v) is 3.75. The number of piperidine rings is 1. The SMILES string of the molecule is Cc1nccc(N2CCC[C@@](CO)(CCCc3ccccc3)C2)n1. The molecule has 0 radical (unpaired) electrons. The molecule has 1 aromatic heterocycles. The van der Waals surface area contributed by atoms with Crippen molar-refractivity contribution in [3.63, 3.8) is 0 Å². The molecule has 1 saturated heterocycles. The summed E-state index contributed by atoms with van der Waals surface area (Å²) in [4.78, 5) is 11.1. The van der Waals surface area contributed by atoms with Gasteiger partial charge >= 0.3 is 0 Å². The fraction of sp³-hybridized carbons (Fsp3) is 0.500. The van der Waals surface area contributed by atoms with Gasteiger partial charge in [-0.1, -0.05) is 30.3 Å². The molecule has 1 N–H and O–H groups in total. The molecule has 4 heteroatoms. The Kier molecular flexibility index (Phi) is 5.46. The van der Waals surface area contributed by atoms with Crippen molar-refractivity contribution in [3.05, 3.63) is 54.0 Å². The standard InChI is InChI=1S/C20H27N3O/c1-17-21-13-10-19(22-17)23-14-6-12-20(15-23,16-24)11-5-9-18-7-3-2-4-8-18/h2-4,7-8,10,13,24H,5-6,9,11-12,14-16H2,1H3/t20-/m0/s1. The summed E-state index contributed by atoms with van der Waals surface area (Å²) in [7, 11) is 0. The van der Waals surface area contributed by atoms with Crippen LogP contribution in [0.2, 0.25) is 0 Å². The van der Waals surface area contributed by atoms with E-state index in [4.69, 9.17) is 0 Å². The summed E-state index contributed by atoms with van der Waals surface area (Å²) in [5, 5.41) is 10.1. The summed E-state index contributed by atoms with van der Waals surface area (Å²) < 4.78 is 0. The number of aryl methyl sites for hydroxylation is 2. The minimum Gasteiger partial charge on any atom is -0.396 e. The zero-order chi connectivity index (χ0) is 16.8. The van der Waals surface area contributed by atoms with Gasteiger partial charge in [-0.3, -0.25) is 0 Å². The van der Waals surface area contributed by atoms with Crippen molar-refractivity contribution in [2.45, 2.75) is 39.0 Å². The summed E-state index contributed by atoms with van der Waals surface area (Å²) in [6, 6.07) is 12.6. The highest BCUT2D eigenvalue weighted by Gasteiger charge is 2.35. The van der Waals surface area contributed by atoms with Crippen molar-refractivity contribution in [2.75, 3.05) is 24.6 Å². The first-order chi connectivity index (χ1) is 11.7. The van der Waals surface area contributed by atoms with Crippen molar-refractivity contribution >= 4 is 5.82 Å². The van der Waals surface area contributed by atoms with Gasteiger partial charge in [0.15, 0.2) is 0 Å². The molecule has 3 rings (SSSR count). The second-order valence-corrected chi connectivity index (χ2v) is 6.98. The quantitative estimate of drug-likeness (QED) is 0.884. The number of benzene rings is 1. The maximum absolute atomic E-state index is 10.1. The van der Waals surface area contributed by atoms with E-state index in [0.717, 1.165) is 56.8 Å². The highest BCUT2D eigenvalue weighted by Crippen LogP contribution is 2.36. The van der Waals surface area contributed by atoms with Gasteiger partial charge < -0.3 is 10.0 Å². The van der Waals surface area contributed by atoms with Crippen LogP contribution in [0.1, 0.15) is 37.1 Å². The topological polar surface area (TPSA) is 49.2 Å². The highest BCUT2D eigenvalue weighted by molar-refractivity contribution is 5.38. The van der Waals surface area contributed by atoms with Crippen molar-refractivity contribution in [1.82, 2.24) is 9.97 Å². The normalized spacial score (nSPS) is 21.0. The molecule has 24 heavy (non-hydrogen) atoms. The number of rotatable bonds is 6. The van der Waals surface area contributed by atoms with Gasteiger partial charge in [0.2, 0.25) is 0 Å². The summed E-state index contributed by atoms with van der Waals surface area (Å²) in [6.07, 6.45) is 7.27. The maximum atomic E-state index is 10.1. The Morgan fingerprint density at radius 3 is 2.79 bits per heavy atom. The van der Waals surface area contributed by atoms with Gasteiger partial charge in [0, 0.05) is 24.7 Å². The van der Waals surface area contributed by atoms with Crippen LogP contribution in [0.4, 0.5) is 5.82 Å². The van der Waals surface area contributed by atoms with E-state index in [9.17, 15) is 5.11 Å². The van der Waals surface area contributed by atoms with Crippen LogP contribution in [0.25, 0.3) is 0 Å². The zero-order valence-electron chi connectivity index (χ0n) is 14.5. The minimum atomic E-state index is -0.00805. The Morgan fingerprint density at radius 1 is 1.21 bits per heavy atom. The molecule has 0 saturated carbocycles. The molecule has 0 bridgehead atoms. The number of nitrogens with zero attached hydrogens (tertiary/aromatic N) is 3. The lowest BCUT2D eigenvalue weighted by atomic mass is 9.76. The Bertz CT molecular complexity index is 646. The first-order valence-corrected chi connectivity index (χ1v) is 8.90. The molecule has 128 valence electrons. The summed E-state index contributed by atoms with van der Waals surface area (Å²) in [6.45, 7) is 4.07. The number of aromatic nitrogens is 2. The lowest BCUT2D eigenvalue weighted by molar-refractivity contribution is 0.0938. The molecule has 1 aliphatic rings. The van der Waals surface area contributed by atoms with E-state index < -0.39 is 0 Å². The molecular formula is C20H27N3O. The molecule has 2 heterocycles. The molecule has 1 aliphatic heterocycles. The van der Waals surface area contributed by atoms with Crippen molar-refractivity contribution < 1.29 is 5.11 Å². The van der Waals surface area contributed by atoms with Crippen LogP contribution < -0.4 is 4.90 Å². The number of anilines is 1. The lowest BCUT2D eigenvalue weighted by Gasteiger charge is -2.42. The number of aliphatic hydroxyl groups excluding tert-OH is 1. The Labute approximate surface area is 144 Å². The van der Waals surface area contributed by atoms with E-state index in [0.29, 0.717) is 0 Å². The lowest BCUT2D eigenvalue weighted by Crippen LogP contribution is -2.46. The van der Waals surface area contributed by atoms with E-state index >= 15 is 0 Å². The number of hydrogen-bond donors (Lipinski definition) is 1. The van der Waals surface area contributed by atoms with Crippen LogP contribution in [0, 0.1) is 12.3 Å². The number of hydrogen-bond acceptors (Lipinski definition) is 4. The average Bonchev–Trinajstić information content (AvgIpc) is 2.63. The van der Waals surface area contributed by atoms with E-state index in [1.165, 1.54) is 5.56 Å². The molecular weight excluding hydrogens is 298 g/mol. The van der Waals surface area contributed by atoms with Crippen LogP contribution in [0.5, 0.6) is 0 Å². The van der Waals surface area contributed by atoms with Crippen LogP contribution in [0.3, 0.4) is 0 Å². The first kappa shape index (κ1) is 16.9. The monoisotopic (exact) mass is 325 g/mol. The minimum absolute atomic E-state index is 0.00805. The van der Waals surface area contributed by atoms with E-state index in [2.05, 4.69) is 45.2 Å². The summed E-state index contributed by atoms with van der Waals surface area (Å²) in [5.74, 6) is 1.79. The second-order valence-electron chi connectivity index (χ2n) is 6.98. The van der Waals surface area contributed by atoms with Gasteiger partial charge in [-0.25, -0.2) is 9.97 Å². The summed E-state index contributed by atoms with van der Waals surface area (Å²) in [5.41, 5.74) is 1.37. The third-order valence-corrected chi connectivity index (χ3v) is 5.10. The molecule has 1 fully saturated rings. The average molecular weight is 325 g/mol. The van der Waals surface area contributed by atoms with Gasteiger partial charge in [0.05, 0.1) is 6.61 Å². The van der Waals surface area contributed by atoms with Crippen LogP contribution >= 0.6 is 0 Å². The Hall–Kier alpha value is -1.94. The van der Waals surface area contributed by atoms with Gasteiger partial charge in [0.25, 0.3) is 0 Å². The first-order valence-electron chi connectivity index (χ1n) is 8.90. The van der Waals surface area contributed by atoms with Gasteiger partial charge in [-0.15, -0.1) is 0 Å². The Morgan fingerprint density at radius 2 is 2.04 bits per heavy atom. The van der Waals surface area contributed by atoms with Crippen molar-refractivity contribution in [2.24, 2.45) is 5.41 Å². The number of aliphatic hydroxyl groups is 1. The largest absolute Gasteiger partial charge is 0.396 e. The van der Waals surface area contributed by atoms with Crippen LogP contribution in [0.15, 0.2) is 42.6 Å². The van der Waals surface area contributed by atoms with Crippen LogP contribution in [-0.4, -0.2) is 34.8 Å². The predicted octanol–water partition coefficient (Wildman–Crippen LogP) is 3.39. The molecule has 0 spiro atoms. The molecule has 1 atom stereocenters. The van der Waals surface area contributed by atoms with Gasteiger partial charge in [0.1, 0.15) is 11.6 Å². The van der Waals surface area contributed by atoms with Gasteiger partial charge in [-0.05, 0) is 50.7 Å². The van der Waals surface area contributed by atoms with E-state index in [-0.39, 0.29) is 12.0 Å². The zero-order valence-corrected chi connectivity index (χ0v) is 14.5. The molecule has 4 nitrogen and oxygen atoms in total. The smallest absolute Gasteiger partial charge is 0.132 e.